The Kier molecular flexibility index (Phi) is 12.2. The largest absolute Gasteiger partial charge is 0.463 e. The highest BCUT2D eigenvalue weighted by molar-refractivity contribution is 5.67. The summed E-state index contributed by atoms with van der Waals surface area (Å²) in [6.45, 7) is 3.93. The van der Waals surface area contributed by atoms with Crippen LogP contribution in [0.25, 0.3) is 0 Å². The van der Waals surface area contributed by atoms with Gasteiger partial charge in [-0.2, -0.15) is 0 Å². The Morgan fingerprint density at radius 3 is 1.25 bits per heavy atom. The number of carbonyl (C=O) groups excluding carboxylic acids is 4. The fraction of sp³-hybridized carbons (Fsp3) is 0.533. The van der Waals surface area contributed by atoms with Crippen molar-refractivity contribution in [1.29, 1.82) is 0 Å². The number of hydrogen-bond acceptors (Lipinski definition) is 14. The van der Waals surface area contributed by atoms with E-state index in [1.165, 1.54) is 13.8 Å². The maximum atomic E-state index is 11.5. The van der Waals surface area contributed by atoms with Crippen molar-refractivity contribution in [3.63, 3.8) is 0 Å². The Balaban J connectivity index is 1.71. The number of esters is 4. The van der Waals surface area contributed by atoms with Gasteiger partial charge in [0.05, 0.1) is 0 Å². The maximum Gasteiger partial charge on any atom is 0.303 e. The summed E-state index contributed by atoms with van der Waals surface area (Å²) in [7, 11) is 0. The lowest BCUT2D eigenvalue weighted by Crippen LogP contribution is -2.59. The predicted molar refractivity (Wildman–Crippen MR) is 146 cm³/mol. The van der Waals surface area contributed by atoms with E-state index >= 15 is 0 Å². The van der Waals surface area contributed by atoms with Crippen LogP contribution in [-0.2, 0) is 47.6 Å². The number of hydrogen-bond donors (Lipinski definition) is 4. The number of aliphatic hydroxyl groups excluding tert-OH is 4. The monoisotopic (exact) mass is 618 g/mol. The second-order valence-corrected chi connectivity index (χ2v) is 10.0. The van der Waals surface area contributed by atoms with Crippen molar-refractivity contribution in [2.45, 2.75) is 88.7 Å². The first-order valence-corrected chi connectivity index (χ1v) is 13.5. The van der Waals surface area contributed by atoms with Crippen molar-refractivity contribution >= 4 is 23.9 Å². The van der Waals surface area contributed by atoms with Gasteiger partial charge in [0.25, 0.3) is 0 Å². The summed E-state index contributed by atoms with van der Waals surface area (Å²) in [5, 5.41) is 42.1. The van der Waals surface area contributed by atoms with Crippen LogP contribution < -0.4 is 0 Å². The minimum absolute atomic E-state index is 0.339. The molecular weight excluding hydrogens is 584 g/mol. The topological polar surface area (TPSA) is 205 Å². The first-order valence-electron chi connectivity index (χ1n) is 13.5. The smallest absolute Gasteiger partial charge is 0.303 e. The number of aliphatic hydroxyl groups is 4. The van der Waals surface area contributed by atoms with Crippen LogP contribution in [-0.4, -0.2) is 119 Å². The fourth-order valence-corrected chi connectivity index (χ4v) is 4.41. The normalized spacial score (nSPS) is 31.2. The molecule has 2 heterocycles. The zero-order valence-corrected chi connectivity index (χ0v) is 24.4. The lowest BCUT2D eigenvalue weighted by Gasteiger charge is -2.40. The van der Waals surface area contributed by atoms with Crippen LogP contribution in [0.5, 0.6) is 0 Å². The van der Waals surface area contributed by atoms with Gasteiger partial charge in [0.2, 0.25) is 0 Å². The molecule has 2 fully saturated rings. The van der Waals surface area contributed by atoms with Crippen LogP contribution in [0.1, 0.15) is 38.8 Å². The predicted octanol–water partition coefficient (Wildman–Crippen LogP) is -1.64. The molecule has 44 heavy (non-hydrogen) atoms. The molecule has 0 aromatic heterocycles. The lowest BCUT2D eigenvalue weighted by molar-refractivity contribution is -0.229. The molecule has 0 spiro atoms. The van der Waals surface area contributed by atoms with E-state index in [2.05, 4.69) is 23.7 Å². The fourth-order valence-electron chi connectivity index (χ4n) is 4.41. The number of ether oxygens (including phenoxy) is 6. The summed E-state index contributed by atoms with van der Waals surface area (Å²) in [5.41, 5.74) is 0.962. The van der Waals surface area contributed by atoms with Crippen LogP contribution in [0.4, 0.5) is 0 Å². The average Bonchev–Trinajstić information content (AvgIpc) is 2.96. The third-order valence-electron chi connectivity index (χ3n) is 6.48. The molecule has 14 heteroatoms. The molecule has 2 aliphatic heterocycles. The molecule has 0 aliphatic carbocycles. The van der Waals surface area contributed by atoms with Crippen LogP contribution in [0.2, 0.25) is 0 Å². The van der Waals surface area contributed by atoms with Gasteiger partial charge in [-0.1, -0.05) is 23.7 Å². The number of benzene rings is 1. The van der Waals surface area contributed by atoms with Gasteiger partial charge in [-0.15, -0.1) is 0 Å². The molecule has 14 nitrogen and oxygen atoms in total. The molecule has 1 aromatic rings. The summed E-state index contributed by atoms with van der Waals surface area (Å²) >= 11 is 0. The molecule has 0 amide bonds. The molecule has 238 valence electrons. The highest BCUT2D eigenvalue weighted by atomic mass is 16.6. The SMILES string of the molecule is CC(=O)OCC1OC(C#Cc2ccc(C#CC3OC(COC(C)=O)C(OC(C)=O)C(O)C3O)cc2)C(O)C(O)C1OC(C)=O. The molecule has 0 saturated carbocycles. The Morgan fingerprint density at radius 1 is 0.614 bits per heavy atom. The Bertz CT molecular complexity index is 1220. The lowest BCUT2D eigenvalue weighted by atomic mass is 9.94. The molecule has 1 aromatic carbocycles. The minimum Gasteiger partial charge on any atom is -0.463 e. The van der Waals surface area contributed by atoms with Gasteiger partial charge >= 0.3 is 23.9 Å². The molecule has 2 saturated heterocycles. The van der Waals surface area contributed by atoms with Crippen molar-refractivity contribution in [2.75, 3.05) is 13.2 Å². The Labute approximate surface area is 253 Å². The van der Waals surface area contributed by atoms with Crippen molar-refractivity contribution in [3.8, 4) is 23.7 Å². The van der Waals surface area contributed by atoms with Gasteiger partial charge < -0.3 is 48.8 Å². The van der Waals surface area contributed by atoms with E-state index in [0.29, 0.717) is 11.1 Å². The number of rotatable bonds is 6. The average molecular weight is 619 g/mol. The number of carbonyl (C=O) groups is 4. The van der Waals surface area contributed by atoms with Crippen LogP contribution in [0, 0.1) is 23.7 Å². The van der Waals surface area contributed by atoms with Gasteiger partial charge in [-0.05, 0) is 24.3 Å². The van der Waals surface area contributed by atoms with Crippen LogP contribution in [0.3, 0.4) is 0 Å². The van der Waals surface area contributed by atoms with E-state index < -0.39 is 84.9 Å². The van der Waals surface area contributed by atoms with E-state index in [9.17, 15) is 39.6 Å². The van der Waals surface area contributed by atoms with Crippen molar-refractivity contribution in [1.82, 2.24) is 0 Å². The first-order chi connectivity index (χ1) is 20.8. The van der Waals surface area contributed by atoms with Gasteiger partial charge in [0.15, 0.2) is 12.2 Å². The molecular formula is C30H34O14. The van der Waals surface area contributed by atoms with Gasteiger partial charge in [0, 0.05) is 38.8 Å². The first kappa shape index (κ1) is 34.5. The van der Waals surface area contributed by atoms with E-state index in [1.54, 1.807) is 24.3 Å². The van der Waals surface area contributed by atoms with Crippen molar-refractivity contribution < 1.29 is 68.0 Å². The molecule has 10 atom stereocenters. The van der Waals surface area contributed by atoms with Gasteiger partial charge in [-0.3, -0.25) is 19.2 Å². The standard InChI is InChI=1S/C30H34O14/c1-15(31)39-13-23-29(41-17(3)33)27(37)25(35)21(43-23)11-9-19-5-7-20(8-6-19)10-12-22-26(36)28(38)30(42-18(4)34)24(44-22)14-40-16(2)32/h5-8,21-30,35-38H,13-14H2,1-4H3. The summed E-state index contributed by atoms with van der Waals surface area (Å²) in [6.07, 6.45) is -13.3. The van der Waals surface area contributed by atoms with Crippen LogP contribution >= 0.6 is 0 Å². The molecule has 10 unspecified atom stereocenters. The summed E-state index contributed by atoms with van der Waals surface area (Å²) in [5.74, 6) is 8.37. The molecule has 3 rings (SSSR count). The van der Waals surface area contributed by atoms with Gasteiger partial charge in [0.1, 0.15) is 62.0 Å². The van der Waals surface area contributed by atoms with E-state index in [-0.39, 0.29) is 13.2 Å². The third kappa shape index (κ3) is 9.49. The van der Waals surface area contributed by atoms with Crippen molar-refractivity contribution in [3.05, 3.63) is 35.4 Å². The third-order valence-corrected chi connectivity index (χ3v) is 6.48. The van der Waals surface area contributed by atoms with E-state index in [1.807, 2.05) is 0 Å². The quantitative estimate of drug-likeness (QED) is 0.160. The molecule has 4 N–H and O–H groups in total. The Hall–Kier alpha value is -4.02. The van der Waals surface area contributed by atoms with E-state index in [4.69, 9.17) is 28.4 Å². The Morgan fingerprint density at radius 2 is 0.955 bits per heavy atom. The zero-order valence-electron chi connectivity index (χ0n) is 24.4. The van der Waals surface area contributed by atoms with Crippen molar-refractivity contribution in [2.24, 2.45) is 0 Å². The summed E-state index contributed by atoms with van der Waals surface area (Å²) < 4.78 is 31.4. The minimum atomic E-state index is -1.56. The zero-order chi connectivity index (χ0) is 32.6. The highest BCUT2D eigenvalue weighted by Gasteiger charge is 2.47. The molecule has 2 aliphatic rings. The second-order valence-electron chi connectivity index (χ2n) is 10.0. The summed E-state index contributed by atoms with van der Waals surface area (Å²) in [6, 6.07) is 6.42. The van der Waals surface area contributed by atoms with E-state index in [0.717, 1.165) is 13.8 Å². The summed E-state index contributed by atoms with van der Waals surface area (Å²) in [4.78, 5) is 45.5. The molecule has 0 bridgehead atoms. The van der Waals surface area contributed by atoms with Crippen LogP contribution in [0.15, 0.2) is 24.3 Å². The molecule has 0 radical (unpaired) electrons. The second kappa shape index (κ2) is 15.6. The van der Waals surface area contributed by atoms with Gasteiger partial charge in [-0.25, -0.2) is 0 Å². The maximum absolute atomic E-state index is 11.5. The highest BCUT2D eigenvalue weighted by Crippen LogP contribution is 2.25.